The number of aliphatic imine (C=N–C) groups is 3. The fourth-order valence-electron chi connectivity index (χ4n) is 10.3. The molecule has 35 heteroatoms. The third-order valence-corrected chi connectivity index (χ3v) is 18.5. The van der Waals surface area contributed by atoms with Gasteiger partial charge in [-0.25, -0.2) is 0 Å². The fourth-order valence-corrected chi connectivity index (χ4v) is 12.6. The summed E-state index contributed by atoms with van der Waals surface area (Å²) in [4.78, 5) is 169. The molecule has 0 bridgehead atoms. The minimum absolute atomic E-state index is 0.00745. The highest BCUT2D eigenvalue weighted by atomic mass is 32.2. The number of carbonyl (C=O) groups excluding carboxylic acids is 11. The van der Waals surface area contributed by atoms with Gasteiger partial charge in [0.25, 0.3) is 0 Å². The van der Waals surface area contributed by atoms with Gasteiger partial charge >= 0.3 is 0 Å². The molecule has 2 aliphatic heterocycles. The van der Waals surface area contributed by atoms with Crippen LogP contribution in [0.3, 0.4) is 0 Å². The molecule has 2 fully saturated rings. The van der Waals surface area contributed by atoms with E-state index in [0.717, 1.165) is 0 Å². The average molecular weight is 1380 g/mol. The van der Waals surface area contributed by atoms with E-state index in [0.29, 0.717) is 24.0 Å². The van der Waals surface area contributed by atoms with E-state index in [4.69, 9.17) is 45.9 Å². The van der Waals surface area contributed by atoms with Crippen molar-refractivity contribution in [2.45, 2.75) is 157 Å². The van der Waals surface area contributed by atoms with Gasteiger partial charge in [-0.2, -0.15) is 23.5 Å². The number of aromatic hydroxyl groups is 1. The number of phenols is 1. The lowest BCUT2D eigenvalue weighted by molar-refractivity contribution is -0.143. The van der Waals surface area contributed by atoms with Crippen LogP contribution >= 0.6 is 23.5 Å². The van der Waals surface area contributed by atoms with Crippen LogP contribution in [0, 0.1) is 5.92 Å². The van der Waals surface area contributed by atoms with Crippen molar-refractivity contribution in [1.29, 1.82) is 0 Å². The Morgan fingerprint density at radius 2 is 1.20 bits per heavy atom. The first-order chi connectivity index (χ1) is 45.5. The fraction of sp³-hybridized carbons (Fsp3) is 0.574. The molecule has 0 aliphatic carbocycles. The second kappa shape index (κ2) is 40.3. The predicted octanol–water partition coefficient (Wildman–Crippen LogP) is -4.93. The molecule has 0 aromatic heterocycles. The molecule has 2 saturated heterocycles. The number of nitrogens with two attached hydrogens (primary N) is 8. The van der Waals surface area contributed by atoms with Crippen LogP contribution in [-0.4, -0.2) is 209 Å². The predicted molar refractivity (Wildman–Crippen MR) is 366 cm³/mol. The number of benzene rings is 2. The second-order valence-electron chi connectivity index (χ2n) is 23.8. The molecule has 4 rings (SSSR count). The molecule has 0 unspecified atom stereocenters. The number of guanidine groups is 3. The minimum atomic E-state index is -1.47. The molecule has 0 radical (unpaired) electrons. The zero-order valence-electron chi connectivity index (χ0n) is 54.8. The first-order valence-electron chi connectivity index (χ1n) is 31.7. The first-order valence-corrected chi connectivity index (χ1v) is 33.8. The Morgan fingerprint density at radius 3 is 1.77 bits per heavy atom. The van der Waals surface area contributed by atoms with Gasteiger partial charge in [-0.05, 0) is 101 Å². The molecule has 2 aliphatic rings. The van der Waals surface area contributed by atoms with Crippen LogP contribution in [0.4, 0.5) is 0 Å². The van der Waals surface area contributed by atoms with Crippen LogP contribution in [0.5, 0.6) is 5.75 Å². The van der Waals surface area contributed by atoms with E-state index in [1.165, 1.54) is 40.6 Å². The SMILES string of the molecule is CC[C@H](C)[C@@H]1NC(=O)[C@H](CCCN=C(N)N)NC(=O)[C@H](CCCN=C(N)N)NC(=O)[C@@H](NC(=O)[C@H](Cc2ccccc2)NC(=O)CNC(=O)CNC(=O)[C@@H](N)Cc2ccc(O)cc2)CSCCSC(C)(C)[C@H](C(N)=O)NC(=O)[C@@H]2CCCN2C(=O)[C@H](CCCN=C(N)N)NC1=O. The van der Waals surface area contributed by atoms with Crippen molar-refractivity contribution in [3.05, 3.63) is 65.7 Å². The number of phenolic OH excluding ortho intramolecular Hbond substituents is 1. The highest BCUT2D eigenvalue weighted by Gasteiger charge is 2.43. The van der Waals surface area contributed by atoms with Gasteiger partial charge in [0.05, 0.1) is 19.1 Å². The molecule has 10 atom stereocenters. The third-order valence-electron chi connectivity index (χ3n) is 15.8. The highest BCUT2D eigenvalue weighted by Crippen LogP contribution is 2.30. The quantitative estimate of drug-likeness (QED) is 0.0226. The number of fused-ring (bicyclic) bond motifs is 1. The van der Waals surface area contributed by atoms with Crippen molar-refractivity contribution >= 4 is 106 Å². The highest BCUT2D eigenvalue weighted by molar-refractivity contribution is 8.03. The summed E-state index contributed by atoms with van der Waals surface area (Å²) < 4.78 is -1.09. The van der Waals surface area contributed by atoms with Crippen LogP contribution in [-0.2, 0) is 65.6 Å². The van der Waals surface area contributed by atoms with Crippen molar-refractivity contribution in [3.8, 4) is 5.75 Å². The second-order valence-corrected chi connectivity index (χ2v) is 26.7. The summed E-state index contributed by atoms with van der Waals surface area (Å²) in [7, 11) is 0. The normalized spacial score (nSPS) is 21.7. The lowest BCUT2D eigenvalue weighted by atomic mass is 9.96. The third kappa shape index (κ3) is 27.7. The van der Waals surface area contributed by atoms with Crippen LogP contribution in [0.1, 0.15) is 96.6 Å². The van der Waals surface area contributed by atoms with Crippen molar-refractivity contribution < 1.29 is 57.8 Å². The van der Waals surface area contributed by atoms with E-state index >= 15 is 0 Å². The van der Waals surface area contributed by atoms with Crippen LogP contribution < -0.4 is 93.7 Å². The number of rotatable bonds is 27. The Labute approximate surface area is 566 Å². The van der Waals surface area contributed by atoms with Gasteiger partial charge < -0.3 is 104 Å². The number of amides is 11. The summed E-state index contributed by atoms with van der Waals surface area (Å²) in [6, 6.07) is 2.82. The van der Waals surface area contributed by atoms with Crippen molar-refractivity contribution in [3.63, 3.8) is 0 Å². The summed E-state index contributed by atoms with van der Waals surface area (Å²) in [5.41, 5.74) is 47.0. The summed E-state index contributed by atoms with van der Waals surface area (Å²) in [5.74, 6) is -9.59. The zero-order valence-corrected chi connectivity index (χ0v) is 56.4. The van der Waals surface area contributed by atoms with Crippen LogP contribution in [0.2, 0.25) is 0 Å². The Bertz CT molecular complexity index is 3060. The van der Waals surface area contributed by atoms with Gasteiger partial charge in [-0.15, -0.1) is 0 Å². The number of nitrogens with zero attached hydrogens (tertiary/aromatic N) is 4. The topological polar surface area (TPSA) is 565 Å². The smallest absolute Gasteiger partial charge is 0.245 e. The summed E-state index contributed by atoms with van der Waals surface area (Å²) in [5, 5.41) is 33.6. The van der Waals surface area contributed by atoms with Gasteiger partial charge in [0.15, 0.2) is 17.9 Å². The Morgan fingerprint density at radius 1 is 0.656 bits per heavy atom. The first kappa shape index (κ1) is 79.3. The molecule has 0 saturated carbocycles. The molecule has 2 aromatic carbocycles. The molecule has 96 heavy (non-hydrogen) atoms. The van der Waals surface area contributed by atoms with Crippen LogP contribution in [0.15, 0.2) is 69.6 Å². The number of hydrogen-bond acceptors (Lipinski definition) is 18. The van der Waals surface area contributed by atoms with Gasteiger partial charge in [0.2, 0.25) is 65.0 Å². The number of hydrogen-bond donors (Lipinski definition) is 18. The Hall–Kier alpha value is -9.12. The number of primary amides is 1. The van der Waals surface area contributed by atoms with Crippen molar-refractivity contribution in [2.75, 3.05) is 56.5 Å². The van der Waals surface area contributed by atoms with E-state index in [-0.39, 0.29) is 125 Å². The van der Waals surface area contributed by atoms with Crippen molar-refractivity contribution in [2.24, 2.45) is 66.8 Å². The maximum Gasteiger partial charge on any atom is 0.245 e. The van der Waals surface area contributed by atoms with E-state index in [1.54, 1.807) is 70.2 Å². The lowest BCUT2D eigenvalue weighted by Gasteiger charge is -2.35. The maximum atomic E-state index is 14.9. The van der Waals surface area contributed by atoms with E-state index in [2.05, 4.69) is 62.8 Å². The molecule has 530 valence electrons. The average Bonchev–Trinajstić information content (AvgIpc) is 1.79. The van der Waals surface area contributed by atoms with E-state index in [9.17, 15) is 57.8 Å². The minimum Gasteiger partial charge on any atom is -0.508 e. The Kier molecular flexibility index (Phi) is 33.3. The maximum absolute atomic E-state index is 14.9. The van der Waals surface area contributed by atoms with Gasteiger partial charge in [-0.1, -0.05) is 62.7 Å². The molecular formula is C61H97N21O12S2. The summed E-state index contributed by atoms with van der Waals surface area (Å²) >= 11 is 2.45. The number of nitrogens with one attached hydrogen (secondary N) is 9. The van der Waals surface area contributed by atoms with Gasteiger partial charge in [0, 0.05) is 54.6 Å². The standard InChI is InChI=1S/C61H97N21O12S2/c1-5-34(2)47-56(93)78-41(17-11-25-72-60(68)69)57(94)82-26-12-18-44(82)55(92)81-48(49(63)86)61(3,4)96-28-27-95-33-43(54(91)77-39(15-9-23-70-58(64)65)51(88)76-40(52(89)80-47)16-10-24-71-59(66)67)79-53(90)42(30-35-13-7-6-8-14-35)75-46(85)32-73-45(84)31-74-50(87)38(62)29-36-19-21-37(83)22-20-36/h6-8,13-14,19-22,34,38-44,47-48,83H,5,9-12,15-18,23-33,62H2,1-4H3,(H2,63,86)(H,73,84)(H,74,87)(H,75,85)(H,76,88)(H,77,91)(H,78,93)(H,79,90)(H,80,89)(H,81,92)(H4,64,65,70)(H4,66,67,71)(H4,68,69,72)/t34-,38-,39-,40-,41-,42-,43-,44-,47-,48-/m0/s1. The zero-order chi connectivity index (χ0) is 71.1. The molecule has 11 amide bonds. The summed E-state index contributed by atoms with van der Waals surface area (Å²) in [6.07, 6.45) is 1.02. The lowest BCUT2D eigenvalue weighted by Crippen LogP contribution is -2.62. The Balaban J connectivity index is 1.75. The molecule has 26 N–H and O–H groups in total. The molecular weight excluding hydrogens is 1280 g/mol. The number of thioether (sulfide) groups is 2. The molecule has 0 spiro atoms. The van der Waals surface area contributed by atoms with Gasteiger partial charge in [-0.3, -0.25) is 67.7 Å². The van der Waals surface area contributed by atoms with Crippen molar-refractivity contribution in [1.82, 2.24) is 52.8 Å². The molecule has 2 aromatic rings. The molecule has 33 nitrogen and oxygen atoms in total. The number of carbonyl (C=O) groups is 11. The van der Waals surface area contributed by atoms with Gasteiger partial charge in [0.1, 0.15) is 54.1 Å². The summed E-state index contributed by atoms with van der Waals surface area (Å²) in [6.45, 7) is 5.84. The van der Waals surface area contributed by atoms with E-state index < -0.39 is 143 Å². The monoisotopic (exact) mass is 1380 g/mol. The van der Waals surface area contributed by atoms with E-state index in [1.807, 2.05) is 0 Å². The largest absolute Gasteiger partial charge is 0.508 e. The van der Waals surface area contributed by atoms with Crippen LogP contribution in [0.25, 0.3) is 0 Å². The molecule has 2 heterocycles.